The van der Waals surface area contributed by atoms with Crippen LogP contribution in [0.5, 0.6) is 0 Å². The Morgan fingerprint density at radius 2 is 1.48 bits per heavy atom. The molecule has 0 saturated carbocycles. The van der Waals surface area contributed by atoms with Crippen LogP contribution in [-0.4, -0.2) is 40.1 Å². The van der Waals surface area contributed by atoms with Crippen molar-refractivity contribution in [2.75, 3.05) is 0 Å². The molecule has 2 aromatic rings. The third-order valence-electron chi connectivity index (χ3n) is 5.54. The number of aliphatic imine (C=N–C) groups is 2. The van der Waals surface area contributed by atoms with Gasteiger partial charge in [-0.25, -0.2) is 9.89 Å². The van der Waals surface area contributed by atoms with Gasteiger partial charge < -0.3 is 0 Å². The Morgan fingerprint density at radius 1 is 0.897 bits per heavy atom. The fourth-order valence-electron chi connectivity index (χ4n) is 4.23. The molecule has 1 atom stereocenters. The van der Waals surface area contributed by atoms with Gasteiger partial charge >= 0.3 is 0 Å². The number of para-hydroxylation sites is 1. The van der Waals surface area contributed by atoms with Crippen molar-refractivity contribution in [3.8, 4) is 0 Å². The van der Waals surface area contributed by atoms with Crippen LogP contribution in [0.3, 0.4) is 0 Å². The van der Waals surface area contributed by atoms with Crippen LogP contribution in [0.25, 0.3) is 0 Å². The van der Waals surface area contributed by atoms with Gasteiger partial charge in [0.2, 0.25) is 0 Å². The minimum Gasteiger partial charge on any atom is -0.293 e. The van der Waals surface area contributed by atoms with E-state index in [-0.39, 0.29) is 29.2 Å². The Bertz CT molecular complexity index is 1110. The Kier molecular flexibility index (Phi) is 3.84. The first-order valence-electron chi connectivity index (χ1n) is 9.74. The van der Waals surface area contributed by atoms with Crippen LogP contribution in [0.15, 0.2) is 58.5 Å². The summed E-state index contributed by atoms with van der Waals surface area (Å²) in [6.45, 7) is 4.07. The van der Waals surface area contributed by atoms with Crippen LogP contribution in [0.1, 0.15) is 46.5 Å². The zero-order valence-electron chi connectivity index (χ0n) is 16.1. The Labute approximate surface area is 168 Å². The topological polar surface area (TPSA) is 79.2 Å². The van der Waals surface area contributed by atoms with Gasteiger partial charge in [0, 0.05) is 16.7 Å². The highest BCUT2D eigenvalue weighted by molar-refractivity contribution is 6.41. The second-order valence-corrected chi connectivity index (χ2v) is 7.97. The quantitative estimate of drug-likeness (QED) is 0.760. The van der Waals surface area contributed by atoms with Crippen LogP contribution in [-0.2, 0) is 4.79 Å². The fourth-order valence-corrected chi connectivity index (χ4v) is 4.23. The van der Waals surface area contributed by atoms with E-state index in [1.54, 1.807) is 24.3 Å². The van der Waals surface area contributed by atoms with Crippen LogP contribution in [0.2, 0.25) is 0 Å². The maximum Gasteiger partial charge on any atom is 0.258 e. The highest BCUT2D eigenvalue weighted by atomic mass is 16.2. The molecule has 2 aliphatic heterocycles. The Morgan fingerprint density at radius 3 is 2.10 bits per heavy atom. The lowest BCUT2D eigenvalue weighted by Crippen LogP contribution is -2.48. The minimum atomic E-state index is -1.12. The van der Waals surface area contributed by atoms with Gasteiger partial charge in [-0.1, -0.05) is 50.2 Å². The Hall–Kier alpha value is -3.41. The zero-order valence-corrected chi connectivity index (χ0v) is 16.1. The van der Waals surface area contributed by atoms with Gasteiger partial charge in [0.15, 0.2) is 11.6 Å². The lowest BCUT2D eigenvalue weighted by atomic mass is 9.97. The summed E-state index contributed by atoms with van der Waals surface area (Å²) in [7, 11) is 0. The number of benzene rings is 2. The summed E-state index contributed by atoms with van der Waals surface area (Å²) in [5.41, 5.74) is 2.12. The monoisotopic (exact) mass is 385 g/mol. The smallest absolute Gasteiger partial charge is 0.258 e. The number of amides is 1. The SMILES string of the molecule is CC(C)C[C@@H]1N=C2c3ccccc3N=C(C3C(=O)c4ccccc4C3=O)N2C1=O. The molecule has 0 saturated heterocycles. The van der Waals surface area contributed by atoms with E-state index in [0.29, 0.717) is 29.1 Å². The molecule has 6 heteroatoms. The van der Waals surface area contributed by atoms with Gasteiger partial charge in [0.25, 0.3) is 5.91 Å². The molecular formula is C23H19N3O3. The highest BCUT2D eigenvalue weighted by Gasteiger charge is 2.50. The molecule has 0 unspecified atom stereocenters. The van der Waals surface area contributed by atoms with Crippen molar-refractivity contribution in [1.82, 2.24) is 4.90 Å². The van der Waals surface area contributed by atoms with Crippen molar-refractivity contribution in [2.24, 2.45) is 21.8 Å². The van der Waals surface area contributed by atoms with Crippen LogP contribution >= 0.6 is 0 Å². The highest BCUT2D eigenvalue weighted by Crippen LogP contribution is 2.37. The molecule has 29 heavy (non-hydrogen) atoms. The van der Waals surface area contributed by atoms with Crippen molar-refractivity contribution < 1.29 is 14.4 Å². The lowest BCUT2D eigenvalue weighted by Gasteiger charge is -2.28. The molecule has 0 N–H and O–H groups in total. The zero-order chi connectivity index (χ0) is 20.3. The van der Waals surface area contributed by atoms with Gasteiger partial charge in [-0.2, -0.15) is 0 Å². The third-order valence-corrected chi connectivity index (χ3v) is 5.54. The second-order valence-electron chi connectivity index (χ2n) is 7.97. The lowest BCUT2D eigenvalue weighted by molar-refractivity contribution is -0.125. The van der Waals surface area contributed by atoms with Gasteiger partial charge in [0.1, 0.15) is 23.6 Å². The second kappa shape index (κ2) is 6.30. The summed E-state index contributed by atoms with van der Waals surface area (Å²) in [6.07, 6.45) is 0.598. The van der Waals surface area contributed by atoms with E-state index in [9.17, 15) is 14.4 Å². The summed E-state index contributed by atoms with van der Waals surface area (Å²) in [5.74, 6) is -1.04. The largest absolute Gasteiger partial charge is 0.293 e. The van der Waals surface area contributed by atoms with Gasteiger partial charge in [0.05, 0.1) is 5.69 Å². The van der Waals surface area contributed by atoms with Crippen molar-refractivity contribution in [1.29, 1.82) is 0 Å². The molecule has 0 spiro atoms. The number of Topliss-reactive ketones (excluding diaryl/α,β-unsaturated/α-hetero) is 2. The molecule has 1 amide bonds. The van der Waals surface area contributed by atoms with Crippen LogP contribution in [0, 0.1) is 11.8 Å². The number of hydrogen-bond acceptors (Lipinski definition) is 5. The first kappa shape index (κ1) is 17.7. The summed E-state index contributed by atoms with van der Waals surface area (Å²) in [6, 6.07) is 13.6. The van der Waals surface area contributed by atoms with Crippen LogP contribution in [0.4, 0.5) is 5.69 Å². The average Bonchev–Trinajstić information content (AvgIpc) is 3.16. The molecule has 2 heterocycles. The molecule has 0 bridgehead atoms. The molecule has 144 valence electrons. The molecule has 2 aromatic carbocycles. The molecule has 0 fully saturated rings. The predicted octanol–water partition coefficient (Wildman–Crippen LogP) is 3.43. The van der Waals surface area contributed by atoms with Crippen molar-refractivity contribution >= 4 is 34.8 Å². The summed E-state index contributed by atoms with van der Waals surface area (Å²) in [5, 5.41) is 0. The van der Waals surface area contributed by atoms with E-state index in [4.69, 9.17) is 0 Å². The van der Waals surface area contributed by atoms with Gasteiger partial charge in [-0.3, -0.25) is 19.4 Å². The van der Waals surface area contributed by atoms with Crippen LogP contribution < -0.4 is 0 Å². The normalized spacial score (nSPS) is 20.6. The molecule has 6 nitrogen and oxygen atoms in total. The number of ketones is 2. The molecule has 5 rings (SSSR count). The van der Waals surface area contributed by atoms with Crippen molar-refractivity contribution in [3.05, 3.63) is 65.2 Å². The number of hydrogen-bond donors (Lipinski definition) is 0. The number of rotatable bonds is 3. The van der Waals surface area contributed by atoms with Crippen molar-refractivity contribution in [2.45, 2.75) is 26.3 Å². The first-order chi connectivity index (χ1) is 14.0. The first-order valence-corrected chi connectivity index (χ1v) is 9.74. The number of nitrogens with zero attached hydrogens (tertiary/aromatic N) is 3. The van der Waals surface area contributed by atoms with E-state index in [1.165, 1.54) is 4.90 Å². The van der Waals surface area contributed by atoms with E-state index in [0.717, 1.165) is 5.56 Å². The standard InChI is InChI=1S/C23H19N3O3/c1-12(2)11-17-23(29)26-21(25-17)15-9-5-6-10-16(15)24-22(26)18-19(27)13-7-3-4-8-14(13)20(18)28/h3-10,12,17-18H,11H2,1-2H3/t17-/m0/s1. The molecule has 1 aliphatic carbocycles. The van der Waals surface area contributed by atoms with E-state index in [1.807, 2.05) is 38.1 Å². The maximum absolute atomic E-state index is 13.2. The molecular weight excluding hydrogens is 366 g/mol. The number of carbonyl (C=O) groups excluding carboxylic acids is 3. The number of carbonyl (C=O) groups is 3. The van der Waals surface area contributed by atoms with Gasteiger partial charge in [-0.05, 0) is 24.5 Å². The molecule has 0 aromatic heterocycles. The summed E-state index contributed by atoms with van der Waals surface area (Å²) < 4.78 is 0. The summed E-state index contributed by atoms with van der Waals surface area (Å²) in [4.78, 5) is 50.1. The maximum atomic E-state index is 13.2. The number of amidine groups is 2. The van der Waals surface area contributed by atoms with Crippen molar-refractivity contribution in [3.63, 3.8) is 0 Å². The van der Waals surface area contributed by atoms with Gasteiger partial charge in [-0.15, -0.1) is 0 Å². The van der Waals surface area contributed by atoms with E-state index < -0.39 is 12.0 Å². The Balaban J connectivity index is 1.66. The van der Waals surface area contributed by atoms with E-state index >= 15 is 0 Å². The third kappa shape index (κ3) is 2.52. The molecule has 0 radical (unpaired) electrons. The average molecular weight is 385 g/mol. The minimum absolute atomic E-state index is 0.171. The fraction of sp³-hybridized carbons (Fsp3) is 0.261. The summed E-state index contributed by atoms with van der Waals surface area (Å²) >= 11 is 0. The number of fused-ring (bicyclic) bond motifs is 4. The molecule has 3 aliphatic rings. The van der Waals surface area contributed by atoms with E-state index in [2.05, 4.69) is 9.98 Å². The predicted molar refractivity (Wildman–Crippen MR) is 109 cm³/mol.